The summed E-state index contributed by atoms with van der Waals surface area (Å²) in [6.45, 7) is 1.85. The molecule has 0 saturated heterocycles. The molecule has 5 nitrogen and oxygen atoms in total. The summed E-state index contributed by atoms with van der Waals surface area (Å²) in [5.41, 5.74) is 3.04. The quantitative estimate of drug-likeness (QED) is 0.502. The van der Waals surface area contributed by atoms with Crippen molar-refractivity contribution >= 4 is 49.0 Å². The van der Waals surface area contributed by atoms with Gasteiger partial charge in [-0.05, 0) is 55.0 Å². The number of aryl methyl sites for hydroxylation is 1. The number of sulfonamides is 1. The fourth-order valence-electron chi connectivity index (χ4n) is 2.67. The van der Waals surface area contributed by atoms with Crippen molar-refractivity contribution in [2.75, 3.05) is 4.72 Å². The van der Waals surface area contributed by atoms with Gasteiger partial charge in [0.15, 0.2) is 0 Å². The topological polar surface area (TPSA) is 72.0 Å². The van der Waals surface area contributed by atoms with Gasteiger partial charge in [-0.25, -0.2) is 18.4 Å². The summed E-state index contributed by atoms with van der Waals surface area (Å²) >= 11 is 7.53. The van der Waals surface area contributed by atoms with Crippen LogP contribution in [0.1, 0.15) is 5.56 Å². The molecule has 0 saturated carbocycles. The molecule has 0 fully saturated rings. The van der Waals surface area contributed by atoms with Crippen LogP contribution < -0.4 is 4.72 Å². The van der Waals surface area contributed by atoms with E-state index in [1.165, 1.54) is 17.4 Å². The third-order valence-corrected chi connectivity index (χ3v) is 6.90. The molecule has 0 bridgehead atoms. The van der Waals surface area contributed by atoms with Crippen LogP contribution in [0.3, 0.4) is 0 Å². The zero-order valence-corrected chi connectivity index (χ0v) is 16.6. The summed E-state index contributed by atoms with van der Waals surface area (Å²) in [4.78, 5) is 9.81. The second kappa shape index (κ2) is 6.92. The van der Waals surface area contributed by atoms with E-state index in [1.54, 1.807) is 30.5 Å². The second-order valence-electron chi connectivity index (χ2n) is 5.91. The van der Waals surface area contributed by atoms with Crippen LogP contribution in [-0.2, 0) is 10.0 Å². The van der Waals surface area contributed by atoms with Crippen molar-refractivity contribution in [2.24, 2.45) is 0 Å². The van der Waals surface area contributed by atoms with Gasteiger partial charge in [-0.2, -0.15) is 0 Å². The van der Waals surface area contributed by atoms with Crippen molar-refractivity contribution in [3.05, 3.63) is 71.4 Å². The molecule has 0 aliphatic carbocycles. The molecule has 4 rings (SSSR count). The number of rotatable bonds is 4. The average Bonchev–Trinajstić information content (AvgIpc) is 3.07. The molecule has 0 radical (unpaired) electrons. The molecule has 2 aromatic carbocycles. The van der Waals surface area contributed by atoms with Crippen molar-refractivity contribution in [3.63, 3.8) is 0 Å². The van der Waals surface area contributed by atoms with Crippen LogP contribution in [0, 0.1) is 6.92 Å². The van der Waals surface area contributed by atoms with Crippen LogP contribution in [0.15, 0.2) is 65.7 Å². The van der Waals surface area contributed by atoms with E-state index in [0.717, 1.165) is 26.5 Å². The first-order valence-electron chi connectivity index (χ1n) is 8.04. The van der Waals surface area contributed by atoms with Crippen LogP contribution >= 0.6 is 22.9 Å². The maximum Gasteiger partial charge on any atom is 0.263 e. The van der Waals surface area contributed by atoms with Crippen molar-refractivity contribution in [2.45, 2.75) is 11.8 Å². The molecule has 27 heavy (non-hydrogen) atoms. The van der Waals surface area contributed by atoms with E-state index in [9.17, 15) is 8.42 Å². The minimum Gasteiger partial charge on any atom is -0.279 e. The van der Waals surface area contributed by atoms with Gasteiger partial charge in [0, 0.05) is 11.8 Å². The number of nitrogens with one attached hydrogen (secondary N) is 1. The Labute approximate surface area is 165 Å². The third-order valence-electron chi connectivity index (χ3n) is 4.01. The highest BCUT2D eigenvalue weighted by atomic mass is 35.5. The van der Waals surface area contributed by atoms with Crippen molar-refractivity contribution in [1.29, 1.82) is 0 Å². The maximum absolute atomic E-state index is 12.6. The van der Waals surface area contributed by atoms with E-state index in [4.69, 9.17) is 11.6 Å². The fourth-order valence-corrected chi connectivity index (χ4v) is 5.22. The summed E-state index contributed by atoms with van der Waals surface area (Å²) in [7, 11) is -3.77. The molecule has 8 heteroatoms. The van der Waals surface area contributed by atoms with Gasteiger partial charge in [0.1, 0.15) is 20.3 Å². The number of fused-ring (bicyclic) bond motifs is 1. The van der Waals surface area contributed by atoms with Crippen molar-refractivity contribution in [1.82, 2.24) is 9.97 Å². The second-order valence-corrected chi connectivity index (χ2v) is 8.95. The molecule has 0 atom stereocenters. The third kappa shape index (κ3) is 3.53. The molecule has 2 heterocycles. The normalized spacial score (nSPS) is 11.6. The molecule has 0 spiro atoms. The van der Waals surface area contributed by atoms with Gasteiger partial charge in [-0.15, -0.1) is 0 Å². The number of halogens is 1. The molecule has 0 unspecified atom stereocenters. The number of nitrogens with zero attached hydrogens (tertiary/aromatic N) is 2. The van der Waals surface area contributed by atoms with Gasteiger partial charge in [-0.3, -0.25) is 4.72 Å². The molecular weight excluding hydrogens is 402 g/mol. The van der Waals surface area contributed by atoms with Crippen molar-refractivity contribution < 1.29 is 8.42 Å². The van der Waals surface area contributed by atoms with E-state index < -0.39 is 10.0 Å². The maximum atomic E-state index is 12.6. The highest BCUT2D eigenvalue weighted by Gasteiger charge is 2.18. The SMILES string of the molecule is Cc1cc(-c2nc3cccnc3s2)ccc1NS(=O)(=O)c1ccccc1Cl. The van der Waals surface area contributed by atoms with Crippen LogP contribution in [0.5, 0.6) is 0 Å². The number of hydrogen-bond acceptors (Lipinski definition) is 5. The lowest BCUT2D eigenvalue weighted by Gasteiger charge is -2.12. The monoisotopic (exact) mass is 415 g/mol. The van der Waals surface area contributed by atoms with Gasteiger partial charge >= 0.3 is 0 Å². The highest BCUT2D eigenvalue weighted by molar-refractivity contribution is 7.92. The smallest absolute Gasteiger partial charge is 0.263 e. The summed E-state index contributed by atoms with van der Waals surface area (Å²) < 4.78 is 27.9. The van der Waals surface area contributed by atoms with E-state index in [-0.39, 0.29) is 9.92 Å². The lowest BCUT2D eigenvalue weighted by atomic mass is 10.1. The Bertz CT molecular complexity index is 1220. The molecule has 1 N–H and O–H groups in total. The number of anilines is 1. The van der Waals surface area contributed by atoms with Gasteiger partial charge in [0.25, 0.3) is 10.0 Å². The Morgan fingerprint density at radius 2 is 1.89 bits per heavy atom. The van der Waals surface area contributed by atoms with Crippen LogP contribution in [0.2, 0.25) is 5.02 Å². The predicted molar refractivity (Wildman–Crippen MR) is 110 cm³/mol. The zero-order chi connectivity index (χ0) is 19.0. The first-order valence-corrected chi connectivity index (χ1v) is 10.7. The summed E-state index contributed by atoms with van der Waals surface area (Å²) in [6, 6.07) is 15.6. The van der Waals surface area contributed by atoms with Gasteiger partial charge in [0.2, 0.25) is 0 Å². The minimum atomic E-state index is -3.77. The first kappa shape index (κ1) is 17.9. The van der Waals surface area contributed by atoms with Gasteiger partial charge in [-0.1, -0.05) is 35.1 Å². The lowest BCUT2D eigenvalue weighted by Crippen LogP contribution is -2.14. The standard InChI is InChI=1S/C19H14ClN3O2S2/c1-12-11-13(18-22-16-6-4-10-21-19(16)26-18)8-9-15(12)23-27(24,25)17-7-3-2-5-14(17)20/h2-11,23H,1H3. The number of pyridine rings is 1. The largest absolute Gasteiger partial charge is 0.279 e. The van der Waals surface area contributed by atoms with Gasteiger partial charge in [0.05, 0.1) is 10.7 Å². The highest BCUT2D eigenvalue weighted by Crippen LogP contribution is 2.32. The number of hydrogen-bond donors (Lipinski definition) is 1. The number of aromatic nitrogens is 2. The Kier molecular flexibility index (Phi) is 4.59. The van der Waals surface area contributed by atoms with E-state index in [2.05, 4.69) is 14.7 Å². The molecule has 0 amide bonds. The summed E-state index contributed by atoms with van der Waals surface area (Å²) in [6.07, 6.45) is 1.74. The van der Waals surface area contributed by atoms with Crippen LogP contribution in [-0.4, -0.2) is 18.4 Å². The Balaban J connectivity index is 1.67. The molecule has 2 aromatic heterocycles. The van der Waals surface area contributed by atoms with Crippen LogP contribution in [0.25, 0.3) is 20.9 Å². The average molecular weight is 416 g/mol. The minimum absolute atomic E-state index is 0.0485. The number of thiazole rings is 1. The number of benzene rings is 2. The first-order chi connectivity index (χ1) is 12.9. The zero-order valence-electron chi connectivity index (χ0n) is 14.2. The lowest BCUT2D eigenvalue weighted by molar-refractivity contribution is 0.601. The fraction of sp³-hybridized carbons (Fsp3) is 0.0526. The Morgan fingerprint density at radius 1 is 1.07 bits per heavy atom. The van der Waals surface area contributed by atoms with Crippen LogP contribution in [0.4, 0.5) is 5.69 Å². The van der Waals surface area contributed by atoms with E-state index in [1.807, 2.05) is 31.2 Å². The molecule has 136 valence electrons. The Hall–Kier alpha value is -2.48. The predicted octanol–water partition coefficient (Wildman–Crippen LogP) is 5.12. The molecule has 0 aliphatic heterocycles. The van der Waals surface area contributed by atoms with Gasteiger partial charge < -0.3 is 0 Å². The Morgan fingerprint density at radius 3 is 2.63 bits per heavy atom. The molecular formula is C19H14ClN3O2S2. The van der Waals surface area contributed by atoms with E-state index in [0.29, 0.717) is 5.69 Å². The molecule has 4 aromatic rings. The van der Waals surface area contributed by atoms with Crippen molar-refractivity contribution in [3.8, 4) is 10.6 Å². The molecule has 0 aliphatic rings. The summed E-state index contributed by atoms with van der Waals surface area (Å²) in [5.74, 6) is 0. The summed E-state index contributed by atoms with van der Waals surface area (Å²) in [5, 5.41) is 1.02. The van der Waals surface area contributed by atoms with E-state index >= 15 is 0 Å².